The first kappa shape index (κ1) is 18.0. The van der Waals surface area contributed by atoms with Gasteiger partial charge in [-0.3, -0.25) is 9.79 Å². The molecule has 0 aromatic carbocycles. The van der Waals surface area contributed by atoms with Crippen LogP contribution in [-0.2, 0) is 9.53 Å². The molecule has 23 heavy (non-hydrogen) atoms. The molecule has 6 nitrogen and oxygen atoms in total. The van der Waals surface area contributed by atoms with Gasteiger partial charge < -0.3 is 19.9 Å². The summed E-state index contributed by atoms with van der Waals surface area (Å²) in [5.74, 6) is 1.85. The van der Waals surface area contributed by atoms with Gasteiger partial charge in [-0.05, 0) is 25.7 Å². The van der Waals surface area contributed by atoms with E-state index < -0.39 is 0 Å². The minimum Gasteiger partial charge on any atom is -0.381 e. The molecule has 0 spiro atoms. The summed E-state index contributed by atoms with van der Waals surface area (Å²) >= 11 is 0. The highest BCUT2D eigenvalue weighted by Gasteiger charge is 2.26. The number of hydrogen-bond donors (Lipinski definition) is 1. The monoisotopic (exact) mass is 324 g/mol. The van der Waals surface area contributed by atoms with E-state index in [-0.39, 0.29) is 0 Å². The van der Waals surface area contributed by atoms with E-state index in [2.05, 4.69) is 34.1 Å². The highest BCUT2D eigenvalue weighted by Crippen LogP contribution is 2.18. The standard InChI is InChI=1S/C17H32N4O2/c1-4-15(21-10-5-6-16(21)22)7-9-19-17(18-2)20(3)12-14-8-11-23-13-14/h14-15H,4-13H2,1-3H3,(H,18,19). The lowest BCUT2D eigenvalue weighted by molar-refractivity contribution is -0.129. The van der Waals surface area contributed by atoms with Crippen LogP contribution in [0.1, 0.15) is 39.0 Å². The Balaban J connectivity index is 1.74. The smallest absolute Gasteiger partial charge is 0.222 e. The number of nitrogens with one attached hydrogen (secondary N) is 1. The topological polar surface area (TPSA) is 57.2 Å². The third kappa shape index (κ3) is 5.09. The van der Waals surface area contributed by atoms with Gasteiger partial charge in [-0.2, -0.15) is 0 Å². The van der Waals surface area contributed by atoms with Crippen molar-refractivity contribution in [3.63, 3.8) is 0 Å². The molecule has 0 aromatic heterocycles. The Bertz CT molecular complexity index is 407. The second kappa shape index (κ2) is 9.11. The second-order valence-electron chi connectivity index (χ2n) is 6.63. The van der Waals surface area contributed by atoms with E-state index >= 15 is 0 Å². The molecule has 0 aromatic rings. The van der Waals surface area contributed by atoms with E-state index in [1.165, 1.54) is 0 Å². The molecule has 132 valence electrons. The number of carbonyl (C=O) groups excluding carboxylic acids is 1. The minimum absolute atomic E-state index is 0.319. The van der Waals surface area contributed by atoms with Crippen molar-refractivity contribution in [2.75, 3.05) is 46.9 Å². The molecule has 0 saturated carbocycles. The third-order valence-corrected chi connectivity index (χ3v) is 4.91. The molecule has 2 rings (SSSR count). The van der Waals surface area contributed by atoms with Gasteiger partial charge in [0.15, 0.2) is 5.96 Å². The third-order valence-electron chi connectivity index (χ3n) is 4.91. The lowest BCUT2D eigenvalue weighted by atomic mass is 10.1. The Morgan fingerprint density at radius 2 is 2.39 bits per heavy atom. The first-order valence-corrected chi connectivity index (χ1v) is 8.94. The Kier molecular flexibility index (Phi) is 7.15. The maximum atomic E-state index is 11.9. The SMILES string of the molecule is CCC(CCNC(=NC)N(C)CC1CCOC1)N1CCCC1=O. The first-order chi connectivity index (χ1) is 11.2. The Hall–Kier alpha value is -1.30. The number of aliphatic imine (C=N–C) groups is 1. The molecule has 2 aliphatic heterocycles. The quantitative estimate of drug-likeness (QED) is 0.567. The summed E-state index contributed by atoms with van der Waals surface area (Å²) in [7, 11) is 3.90. The number of ether oxygens (including phenoxy) is 1. The average Bonchev–Trinajstić information content (AvgIpc) is 3.19. The van der Waals surface area contributed by atoms with Crippen LogP contribution in [0.3, 0.4) is 0 Å². The molecule has 2 unspecified atom stereocenters. The Labute approximate surface area is 140 Å². The van der Waals surface area contributed by atoms with E-state index in [1.54, 1.807) is 0 Å². The van der Waals surface area contributed by atoms with Crippen molar-refractivity contribution in [1.29, 1.82) is 0 Å². The number of hydrogen-bond acceptors (Lipinski definition) is 3. The maximum Gasteiger partial charge on any atom is 0.222 e. The number of amides is 1. The molecule has 2 heterocycles. The van der Waals surface area contributed by atoms with Crippen LogP contribution in [0.15, 0.2) is 4.99 Å². The van der Waals surface area contributed by atoms with Gasteiger partial charge in [0.1, 0.15) is 0 Å². The summed E-state index contributed by atoms with van der Waals surface area (Å²) in [6, 6.07) is 0.351. The summed E-state index contributed by atoms with van der Waals surface area (Å²) in [6.07, 6.45) is 4.85. The molecule has 1 amide bonds. The molecule has 6 heteroatoms. The van der Waals surface area contributed by atoms with Crippen molar-refractivity contribution in [2.45, 2.75) is 45.1 Å². The van der Waals surface area contributed by atoms with Crippen molar-refractivity contribution in [3.05, 3.63) is 0 Å². The first-order valence-electron chi connectivity index (χ1n) is 8.94. The van der Waals surface area contributed by atoms with E-state index in [0.29, 0.717) is 17.9 Å². The molecular weight excluding hydrogens is 292 g/mol. The van der Waals surface area contributed by atoms with Crippen LogP contribution in [0, 0.1) is 5.92 Å². The molecule has 2 atom stereocenters. The molecule has 2 fully saturated rings. The van der Waals surface area contributed by atoms with Crippen molar-refractivity contribution < 1.29 is 9.53 Å². The predicted octanol–water partition coefficient (Wildman–Crippen LogP) is 1.32. The highest BCUT2D eigenvalue weighted by atomic mass is 16.5. The summed E-state index contributed by atoms with van der Waals surface area (Å²) in [6.45, 7) is 6.65. The minimum atomic E-state index is 0.319. The van der Waals surface area contributed by atoms with E-state index in [9.17, 15) is 4.79 Å². The van der Waals surface area contributed by atoms with Gasteiger partial charge in [0.05, 0.1) is 6.61 Å². The molecular formula is C17H32N4O2. The Morgan fingerprint density at radius 1 is 1.57 bits per heavy atom. The molecule has 2 saturated heterocycles. The Morgan fingerprint density at radius 3 is 2.96 bits per heavy atom. The largest absolute Gasteiger partial charge is 0.381 e. The van der Waals surface area contributed by atoms with Gasteiger partial charge in [-0.1, -0.05) is 6.92 Å². The highest BCUT2D eigenvalue weighted by molar-refractivity contribution is 5.79. The lowest BCUT2D eigenvalue weighted by Gasteiger charge is -2.28. The van der Waals surface area contributed by atoms with Gasteiger partial charge in [0.2, 0.25) is 5.91 Å². The second-order valence-corrected chi connectivity index (χ2v) is 6.63. The number of likely N-dealkylation sites (tertiary alicyclic amines) is 1. The molecule has 0 radical (unpaired) electrons. The summed E-state index contributed by atoms with van der Waals surface area (Å²) in [4.78, 5) is 20.5. The van der Waals surface area contributed by atoms with Crippen molar-refractivity contribution in [3.8, 4) is 0 Å². The van der Waals surface area contributed by atoms with Crippen LogP contribution in [0.5, 0.6) is 0 Å². The van der Waals surface area contributed by atoms with Crippen LogP contribution < -0.4 is 5.32 Å². The average molecular weight is 324 g/mol. The van der Waals surface area contributed by atoms with E-state index in [4.69, 9.17) is 4.74 Å². The van der Waals surface area contributed by atoms with Gasteiger partial charge in [0, 0.05) is 58.7 Å². The zero-order valence-electron chi connectivity index (χ0n) is 14.9. The number of guanidine groups is 1. The van der Waals surface area contributed by atoms with Gasteiger partial charge in [-0.25, -0.2) is 0 Å². The van der Waals surface area contributed by atoms with Crippen molar-refractivity contribution in [2.24, 2.45) is 10.9 Å². The van der Waals surface area contributed by atoms with Crippen molar-refractivity contribution >= 4 is 11.9 Å². The summed E-state index contributed by atoms with van der Waals surface area (Å²) < 4.78 is 5.44. The van der Waals surface area contributed by atoms with E-state index in [1.807, 2.05) is 7.05 Å². The van der Waals surface area contributed by atoms with Crippen LogP contribution in [0.25, 0.3) is 0 Å². The van der Waals surface area contributed by atoms with Crippen LogP contribution in [-0.4, -0.2) is 74.7 Å². The molecule has 2 aliphatic rings. The summed E-state index contributed by atoms with van der Waals surface area (Å²) in [5, 5.41) is 3.44. The number of carbonyl (C=O) groups is 1. The predicted molar refractivity (Wildman–Crippen MR) is 92.6 cm³/mol. The number of nitrogens with zero attached hydrogens (tertiary/aromatic N) is 3. The van der Waals surface area contributed by atoms with Crippen LogP contribution in [0.4, 0.5) is 0 Å². The van der Waals surface area contributed by atoms with Crippen molar-refractivity contribution in [1.82, 2.24) is 15.1 Å². The molecule has 1 N–H and O–H groups in total. The van der Waals surface area contributed by atoms with Crippen LogP contribution >= 0.6 is 0 Å². The fourth-order valence-electron chi connectivity index (χ4n) is 3.57. The fourth-order valence-corrected chi connectivity index (χ4v) is 3.57. The maximum absolute atomic E-state index is 11.9. The molecule has 0 aliphatic carbocycles. The van der Waals surface area contributed by atoms with E-state index in [0.717, 1.165) is 70.9 Å². The van der Waals surface area contributed by atoms with Crippen LogP contribution in [0.2, 0.25) is 0 Å². The van der Waals surface area contributed by atoms with Gasteiger partial charge in [-0.15, -0.1) is 0 Å². The molecule has 0 bridgehead atoms. The zero-order valence-corrected chi connectivity index (χ0v) is 14.9. The summed E-state index contributed by atoms with van der Waals surface area (Å²) in [5.41, 5.74) is 0. The van der Waals surface area contributed by atoms with Gasteiger partial charge in [0.25, 0.3) is 0 Å². The zero-order chi connectivity index (χ0) is 16.7. The number of rotatable bonds is 7. The normalized spacial score (nSPS) is 23.4. The van der Waals surface area contributed by atoms with Gasteiger partial charge >= 0.3 is 0 Å². The lowest BCUT2D eigenvalue weighted by Crippen LogP contribution is -2.44. The fraction of sp³-hybridized carbons (Fsp3) is 0.882.